The molecule has 10 nitrogen and oxygen atoms in total. The van der Waals surface area contributed by atoms with Crippen LogP contribution in [0.2, 0.25) is 0 Å². The molecule has 0 unspecified atom stereocenters. The van der Waals surface area contributed by atoms with E-state index in [1.54, 1.807) is 18.3 Å². The molecule has 0 aliphatic rings. The predicted octanol–water partition coefficient (Wildman–Crippen LogP) is 1.75. The SMILES string of the molecule is CCCC[C@H](NC(=O)[C@H](Cc1cccnc1)NS(=O)(=O)c1ccc(OC)c(OC)c1)C(=O)O. The van der Waals surface area contributed by atoms with E-state index < -0.39 is 34.0 Å². The molecule has 0 bridgehead atoms. The number of carboxylic acids is 1. The van der Waals surface area contributed by atoms with Crippen LogP contribution in [0.25, 0.3) is 0 Å². The average molecular weight is 480 g/mol. The molecular formula is C22H29N3O7S. The minimum absolute atomic E-state index is 0.0215. The molecule has 0 fully saturated rings. The summed E-state index contributed by atoms with van der Waals surface area (Å²) in [7, 11) is -1.37. The molecule has 1 aromatic carbocycles. The number of carbonyl (C=O) groups is 2. The van der Waals surface area contributed by atoms with Crippen LogP contribution in [0.5, 0.6) is 11.5 Å². The Bertz CT molecular complexity index is 1050. The van der Waals surface area contributed by atoms with Crippen molar-refractivity contribution in [3.8, 4) is 11.5 Å². The summed E-state index contributed by atoms with van der Waals surface area (Å²) in [4.78, 5) is 28.4. The van der Waals surface area contributed by atoms with Gasteiger partial charge in [-0.1, -0.05) is 25.8 Å². The summed E-state index contributed by atoms with van der Waals surface area (Å²) in [5.74, 6) is -1.37. The number of ether oxygens (including phenoxy) is 2. The molecule has 1 amide bonds. The molecule has 0 spiro atoms. The number of amides is 1. The number of carboxylic acid groups (broad SMARTS) is 1. The second-order valence-electron chi connectivity index (χ2n) is 7.30. The highest BCUT2D eigenvalue weighted by atomic mass is 32.2. The normalized spacial score (nSPS) is 13.1. The maximum atomic E-state index is 13.1. The van der Waals surface area contributed by atoms with E-state index in [0.29, 0.717) is 17.7 Å². The number of aromatic nitrogens is 1. The van der Waals surface area contributed by atoms with E-state index in [4.69, 9.17) is 9.47 Å². The Hall–Kier alpha value is -3.18. The number of carbonyl (C=O) groups excluding carboxylic acids is 1. The second-order valence-corrected chi connectivity index (χ2v) is 9.01. The predicted molar refractivity (Wildman–Crippen MR) is 121 cm³/mol. The minimum Gasteiger partial charge on any atom is -0.493 e. The number of hydrogen-bond donors (Lipinski definition) is 3. The van der Waals surface area contributed by atoms with Gasteiger partial charge in [0, 0.05) is 18.5 Å². The first-order chi connectivity index (χ1) is 15.7. The summed E-state index contributed by atoms with van der Waals surface area (Å²) < 4.78 is 38.8. The molecule has 1 aromatic heterocycles. The zero-order chi connectivity index (χ0) is 24.4. The molecule has 2 aromatic rings. The smallest absolute Gasteiger partial charge is 0.326 e. The van der Waals surface area contributed by atoms with Crippen LogP contribution >= 0.6 is 0 Å². The van der Waals surface area contributed by atoms with E-state index in [0.717, 1.165) is 6.42 Å². The van der Waals surface area contributed by atoms with Crippen LogP contribution in [0.4, 0.5) is 0 Å². The van der Waals surface area contributed by atoms with Gasteiger partial charge in [0.2, 0.25) is 15.9 Å². The van der Waals surface area contributed by atoms with Crippen molar-refractivity contribution < 1.29 is 32.6 Å². The van der Waals surface area contributed by atoms with E-state index in [9.17, 15) is 23.1 Å². The van der Waals surface area contributed by atoms with Crippen molar-refractivity contribution in [1.29, 1.82) is 0 Å². The molecule has 3 N–H and O–H groups in total. The van der Waals surface area contributed by atoms with Crippen LogP contribution in [-0.4, -0.2) is 56.7 Å². The Kier molecular flexibility index (Phi) is 9.61. The third kappa shape index (κ3) is 7.43. The lowest BCUT2D eigenvalue weighted by Gasteiger charge is -2.22. The average Bonchev–Trinajstić information content (AvgIpc) is 2.80. The molecule has 0 saturated carbocycles. The minimum atomic E-state index is -4.17. The number of hydrogen-bond acceptors (Lipinski definition) is 7. The summed E-state index contributed by atoms with van der Waals surface area (Å²) in [5.41, 5.74) is 0.605. The number of nitrogens with zero attached hydrogens (tertiary/aromatic N) is 1. The topological polar surface area (TPSA) is 144 Å². The lowest BCUT2D eigenvalue weighted by Crippen LogP contribution is -2.52. The summed E-state index contributed by atoms with van der Waals surface area (Å²) in [6.45, 7) is 1.91. The number of rotatable bonds is 13. The van der Waals surface area contributed by atoms with Gasteiger partial charge in [-0.25, -0.2) is 13.2 Å². The fraction of sp³-hybridized carbons (Fsp3) is 0.409. The van der Waals surface area contributed by atoms with Gasteiger partial charge < -0.3 is 19.9 Å². The molecule has 0 aliphatic heterocycles. The molecule has 0 aliphatic carbocycles. The highest BCUT2D eigenvalue weighted by molar-refractivity contribution is 7.89. The van der Waals surface area contributed by atoms with Gasteiger partial charge in [0.25, 0.3) is 0 Å². The van der Waals surface area contributed by atoms with Crippen molar-refractivity contribution in [2.24, 2.45) is 0 Å². The first-order valence-corrected chi connectivity index (χ1v) is 11.9. The second kappa shape index (κ2) is 12.2. The summed E-state index contributed by atoms with van der Waals surface area (Å²) in [5, 5.41) is 11.9. The van der Waals surface area contributed by atoms with Crippen molar-refractivity contribution in [2.45, 2.75) is 49.6 Å². The first kappa shape index (κ1) is 26.1. The third-order valence-electron chi connectivity index (χ3n) is 4.90. The fourth-order valence-electron chi connectivity index (χ4n) is 3.12. The lowest BCUT2D eigenvalue weighted by atomic mass is 10.1. The summed E-state index contributed by atoms with van der Waals surface area (Å²) in [6, 6.07) is 5.01. The molecule has 180 valence electrons. The number of aliphatic carboxylic acids is 1. The van der Waals surface area contributed by atoms with E-state index >= 15 is 0 Å². The van der Waals surface area contributed by atoms with E-state index in [2.05, 4.69) is 15.0 Å². The zero-order valence-corrected chi connectivity index (χ0v) is 19.6. The Morgan fingerprint density at radius 2 is 1.85 bits per heavy atom. The third-order valence-corrected chi connectivity index (χ3v) is 6.37. The number of unbranched alkanes of at least 4 members (excludes halogenated alkanes) is 1. The number of sulfonamides is 1. The van der Waals surface area contributed by atoms with Crippen LogP contribution < -0.4 is 19.5 Å². The highest BCUT2D eigenvalue weighted by Gasteiger charge is 2.30. The molecule has 1 heterocycles. The van der Waals surface area contributed by atoms with Gasteiger partial charge in [-0.3, -0.25) is 9.78 Å². The molecular weight excluding hydrogens is 450 g/mol. The van der Waals surface area contributed by atoms with Gasteiger partial charge in [0.15, 0.2) is 11.5 Å². The van der Waals surface area contributed by atoms with Crippen LogP contribution in [0.3, 0.4) is 0 Å². The van der Waals surface area contributed by atoms with Crippen LogP contribution in [0.1, 0.15) is 31.7 Å². The van der Waals surface area contributed by atoms with Crippen LogP contribution in [0.15, 0.2) is 47.6 Å². The molecule has 33 heavy (non-hydrogen) atoms. The standard InChI is InChI=1S/C22H29N3O7S/c1-4-5-8-17(22(27)28)24-21(26)18(12-15-7-6-11-23-14-15)25-33(29,30)16-9-10-19(31-2)20(13-16)32-3/h6-7,9-11,13-14,17-18,25H,4-5,8,12H2,1-3H3,(H,24,26)(H,27,28)/t17-,18-/m0/s1. The first-order valence-electron chi connectivity index (χ1n) is 10.4. The Morgan fingerprint density at radius 3 is 2.42 bits per heavy atom. The van der Waals surface area contributed by atoms with Gasteiger partial charge in [-0.05, 0) is 36.6 Å². The van der Waals surface area contributed by atoms with E-state index in [1.165, 1.54) is 38.6 Å². The molecule has 11 heteroatoms. The van der Waals surface area contributed by atoms with Crippen LogP contribution in [0, 0.1) is 0 Å². The maximum absolute atomic E-state index is 13.1. The fourth-order valence-corrected chi connectivity index (χ4v) is 4.33. The quantitative estimate of drug-likeness (QED) is 0.394. The summed E-state index contributed by atoms with van der Waals surface area (Å²) >= 11 is 0. The van der Waals surface area contributed by atoms with Gasteiger partial charge >= 0.3 is 5.97 Å². The molecule has 2 rings (SSSR count). The monoisotopic (exact) mass is 479 g/mol. The van der Waals surface area contributed by atoms with Crippen molar-refractivity contribution in [2.75, 3.05) is 14.2 Å². The Balaban J connectivity index is 2.33. The Labute approximate surface area is 193 Å². The number of methoxy groups -OCH3 is 2. The van der Waals surface area contributed by atoms with E-state index in [-0.39, 0.29) is 23.5 Å². The Morgan fingerprint density at radius 1 is 1.12 bits per heavy atom. The molecule has 0 radical (unpaired) electrons. The van der Waals surface area contributed by atoms with Crippen molar-refractivity contribution in [3.05, 3.63) is 48.3 Å². The number of pyridine rings is 1. The zero-order valence-electron chi connectivity index (χ0n) is 18.8. The summed E-state index contributed by atoms with van der Waals surface area (Å²) in [6.07, 6.45) is 4.63. The molecule has 0 saturated heterocycles. The van der Waals surface area contributed by atoms with E-state index in [1.807, 2.05) is 6.92 Å². The molecule has 2 atom stereocenters. The van der Waals surface area contributed by atoms with Crippen LogP contribution in [-0.2, 0) is 26.0 Å². The highest BCUT2D eigenvalue weighted by Crippen LogP contribution is 2.29. The van der Waals surface area contributed by atoms with Crippen molar-refractivity contribution in [1.82, 2.24) is 15.0 Å². The van der Waals surface area contributed by atoms with Crippen molar-refractivity contribution >= 4 is 21.9 Å². The maximum Gasteiger partial charge on any atom is 0.326 e. The van der Waals surface area contributed by atoms with Crippen molar-refractivity contribution in [3.63, 3.8) is 0 Å². The lowest BCUT2D eigenvalue weighted by molar-refractivity contribution is -0.142. The van der Waals surface area contributed by atoms with Gasteiger partial charge in [0.1, 0.15) is 12.1 Å². The van der Waals surface area contributed by atoms with Gasteiger partial charge in [-0.15, -0.1) is 0 Å². The number of benzene rings is 1. The largest absolute Gasteiger partial charge is 0.493 e. The number of nitrogens with one attached hydrogen (secondary N) is 2. The van der Waals surface area contributed by atoms with Gasteiger partial charge in [-0.2, -0.15) is 4.72 Å². The van der Waals surface area contributed by atoms with Gasteiger partial charge in [0.05, 0.1) is 19.1 Å².